The van der Waals surface area contributed by atoms with E-state index in [4.69, 9.17) is 5.26 Å². The Bertz CT molecular complexity index is 1120. The Morgan fingerprint density at radius 1 is 1.17 bits per heavy atom. The van der Waals surface area contributed by atoms with Crippen LogP contribution in [0.25, 0.3) is 0 Å². The third-order valence-electron chi connectivity index (χ3n) is 7.08. The van der Waals surface area contributed by atoms with Crippen LogP contribution in [0.2, 0.25) is 0 Å². The van der Waals surface area contributed by atoms with Gasteiger partial charge in [-0.05, 0) is 55.0 Å². The number of nitrogens with one attached hydrogen (secondary N) is 1. The van der Waals surface area contributed by atoms with Gasteiger partial charge in [-0.15, -0.1) is 0 Å². The largest absolute Gasteiger partial charge is 0.417 e. The van der Waals surface area contributed by atoms with Gasteiger partial charge >= 0.3 is 6.18 Å². The fourth-order valence-electron chi connectivity index (χ4n) is 5.25. The monoisotopic (exact) mass is 485 g/mol. The summed E-state index contributed by atoms with van der Waals surface area (Å²) in [5.41, 5.74) is -0.425. The van der Waals surface area contributed by atoms with Gasteiger partial charge in [0.25, 0.3) is 5.91 Å². The van der Waals surface area contributed by atoms with Gasteiger partial charge in [0, 0.05) is 51.3 Å². The molecule has 7 nitrogen and oxygen atoms in total. The molecule has 1 aromatic carbocycles. The Balaban J connectivity index is 1.47. The molecule has 1 N–H and O–H groups in total. The SMILES string of the molecule is CNC(=O)[C@@H]1CN(C(=O)c2cccnc2)C[C@H]1C1CCN(c2ccc(C#N)c(C(F)(F)F)c2)CC1. The van der Waals surface area contributed by atoms with Crippen LogP contribution >= 0.6 is 0 Å². The molecule has 1 aromatic heterocycles. The summed E-state index contributed by atoms with van der Waals surface area (Å²) in [7, 11) is 1.58. The van der Waals surface area contributed by atoms with E-state index < -0.39 is 17.3 Å². The molecular weight excluding hydrogens is 459 g/mol. The maximum absolute atomic E-state index is 13.4. The first-order valence-corrected chi connectivity index (χ1v) is 11.5. The highest BCUT2D eigenvalue weighted by Crippen LogP contribution is 2.39. The van der Waals surface area contributed by atoms with Crippen LogP contribution in [-0.2, 0) is 11.0 Å². The first kappa shape index (κ1) is 24.5. The van der Waals surface area contributed by atoms with Crippen molar-refractivity contribution in [1.82, 2.24) is 15.2 Å². The van der Waals surface area contributed by atoms with Gasteiger partial charge in [-0.25, -0.2) is 0 Å². The third-order valence-corrected chi connectivity index (χ3v) is 7.08. The number of carbonyl (C=O) groups is 2. The van der Waals surface area contributed by atoms with Crippen LogP contribution < -0.4 is 10.2 Å². The van der Waals surface area contributed by atoms with Gasteiger partial charge in [-0.3, -0.25) is 14.6 Å². The number of pyridine rings is 1. The fourth-order valence-corrected chi connectivity index (χ4v) is 5.25. The Morgan fingerprint density at radius 2 is 1.91 bits per heavy atom. The van der Waals surface area contributed by atoms with Gasteiger partial charge in [0.2, 0.25) is 5.91 Å². The van der Waals surface area contributed by atoms with Crippen molar-refractivity contribution < 1.29 is 22.8 Å². The maximum atomic E-state index is 13.4. The second-order valence-electron chi connectivity index (χ2n) is 9.00. The summed E-state index contributed by atoms with van der Waals surface area (Å²) in [5.74, 6) is -0.501. The maximum Gasteiger partial charge on any atom is 0.417 e. The van der Waals surface area contributed by atoms with Crippen LogP contribution in [0, 0.1) is 29.1 Å². The highest BCUT2D eigenvalue weighted by molar-refractivity contribution is 5.94. The molecule has 0 radical (unpaired) electrons. The van der Waals surface area contributed by atoms with Crippen molar-refractivity contribution in [1.29, 1.82) is 5.26 Å². The molecule has 0 spiro atoms. The molecule has 0 aliphatic carbocycles. The number of nitrogens with zero attached hydrogens (tertiary/aromatic N) is 4. The third kappa shape index (κ3) is 5.09. The molecule has 10 heteroatoms. The molecule has 0 bridgehead atoms. The predicted octanol–water partition coefficient (Wildman–Crippen LogP) is 3.32. The summed E-state index contributed by atoms with van der Waals surface area (Å²) >= 11 is 0. The second kappa shape index (κ2) is 9.94. The molecule has 2 aromatic rings. The van der Waals surface area contributed by atoms with E-state index in [9.17, 15) is 22.8 Å². The number of carbonyl (C=O) groups excluding carboxylic acids is 2. The molecule has 2 amide bonds. The minimum atomic E-state index is -4.60. The van der Waals surface area contributed by atoms with Crippen LogP contribution in [-0.4, -0.2) is 54.9 Å². The molecule has 2 atom stereocenters. The number of amides is 2. The van der Waals surface area contributed by atoms with Crippen LogP contribution in [0.4, 0.5) is 18.9 Å². The van der Waals surface area contributed by atoms with Crippen LogP contribution in [0.5, 0.6) is 0 Å². The zero-order valence-corrected chi connectivity index (χ0v) is 19.3. The van der Waals surface area contributed by atoms with E-state index in [1.165, 1.54) is 12.3 Å². The van der Waals surface area contributed by atoms with Crippen molar-refractivity contribution in [3.8, 4) is 6.07 Å². The van der Waals surface area contributed by atoms with Crippen LogP contribution in [0.1, 0.15) is 34.3 Å². The zero-order chi connectivity index (χ0) is 25.2. The molecule has 2 fully saturated rings. The lowest BCUT2D eigenvalue weighted by Crippen LogP contribution is -2.41. The fraction of sp³-hybridized carbons (Fsp3) is 0.440. The summed E-state index contributed by atoms with van der Waals surface area (Å²) in [6, 6.07) is 8.80. The number of benzene rings is 1. The number of rotatable bonds is 4. The summed E-state index contributed by atoms with van der Waals surface area (Å²) < 4.78 is 40.1. The van der Waals surface area contributed by atoms with Gasteiger partial charge in [0.1, 0.15) is 0 Å². The van der Waals surface area contributed by atoms with E-state index in [-0.39, 0.29) is 29.6 Å². The molecule has 2 saturated heterocycles. The molecule has 2 aliphatic heterocycles. The normalized spacial score (nSPS) is 21.0. The lowest BCUT2D eigenvalue weighted by Gasteiger charge is -2.37. The predicted molar refractivity (Wildman–Crippen MR) is 122 cm³/mol. The summed E-state index contributed by atoms with van der Waals surface area (Å²) in [4.78, 5) is 33.2. The number of likely N-dealkylation sites (tertiary alicyclic amines) is 1. The van der Waals surface area contributed by atoms with Crippen molar-refractivity contribution in [2.24, 2.45) is 17.8 Å². The molecule has 0 saturated carbocycles. The number of hydrogen-bond acceptors (Lipinski definition) is 5. The summed E-state index contributed by atoms with van der Waals surface area (Å²) in [6.45, 7) is 1.83. The highest BCUT2D eigenvalue weighted by atomic mass is 19.4. The van der Waals surface area contributed by atoms with E-state index in [0.717, 1.165) is 6.07 Å². The first-order valence-electron chi connectivity index (χ1n) is 11.5. The van der Waals surface area contributed by atoms with Crippen molar-refractivity contribution in [3.63, 3.8) is 0 Å². The van der Waals surface area contributed by atoms with Gasteiger partial charge < -0.3 is 15.1 Å². The highest BCUT2D eigenvalue weighted by Gasteiger charge is 2.44. The molecule has 4 rings (SSSR count). The van der Waals surface area contributed by atoms with Crippen molar-refractivity contribution >= 4 is 17.5 Å². The Kier molecular flexibility index (Phi) is 6.96. The minimum Gasteiger partial charge on any atom is -0.372 e. The molecule has 0 unspecified atom stereocenters. The zero-order valence-electron chi connectivity index (χ0n) is 19.3. The van der Waals surface area contributed by atoms with Gasteiger partial charge in [0.05, 0.1) is 28.7 Å². The number of halogens is 3. The van der Waals surface area contributed by atoms with E-state index in [1.807, 2.05) is 4.90 Å². The smallest absolute Gasteiger partial charge is 0.372 e. The molecule has 35 heavy (non-hydrogen) atoms. The Hall–Kier alpha value is -3.61. The average molecular weight is 486 g/mol. The quantitative estimate of drug-likeness (QED) is 0.718. The molecular formula is C25H26F3N5O2. The summed E-state index contributed by atoms with van der Waals surface area (Å²) in [6.07, 6.45) is -0.122. The number of aromatic nitrogens is 1. The van der Waals surface area contributed by atoms with E-state index in [1.54, 1.807) is 42.4 Å². The molecule has 2 aliphatic rings. The van der Waals surface area contributed by atoms with Crippen molar-refractivity contribution in [3.05, 3.63) is 59.4 Å². The number of anilines is 1. The first-order chi connectivity index (χ1) is 16.7. The van der Waals surface area contributed by atoms with E-state index in [2.05, 4.69) is 10.3 Å². The van der Waals surface area contributed by atoms with Crippen LogP contribution in [0.15, 0.2) is 42.7 Å². The minimum absolute atomic E-state index is 0.0376. The number of piperidine rings is 1. The van der Waals surface area contributed by atoms with Crippen molar-refractivity contribution in [2.75, 3.05) is 38.1 Å². The Labute approximate surface area is 201 Å². The topological polar surface area (TPSA) is 89.3 Å². The Morgan fingerprint density at radius 3 is 2.51 bits per heavy atom. The lowest BCUT2D eigenvalue weighted by molar-refractivity contribution is -0.137. The lowest BCUT2D eigenvalue weighted by atomic mass is 9.78. The van der Waals surface area contributed by atoms with Crippen molar-refractivity contribution in [2.45, 2.75) is 19.0 Å². The number of hydrogen-bond donors (Lipinski definition) is 1. The number of nitriles is 1. The molecule has 3 heterocycles. The van der Waals surface area contributed by atoms with Gasteiger partial charge in [-0.1, -0.05) is 0 Å². The average Bonchev–Trinajstić information content (AvgIpc) is 3.33. The van der Waals surface area contributed by atoms with E-state index in [0.29, 0.717) is 50.3 Å². The molecule has 184 valence electrons. The van der Waals surface area contributed by atoms with E-state index >= 15 is 0 Å². The second-order valence-corrected chi connectivity index (χ2v) is 9.00. The van der Waals surface area contributed by atoms with Crippen LogP contribution in [0.3, 0.4) is 0 Å². The van der Waals surface area contributed by atoms with Gasteiger partial charge in [-0.2, -0.15) is 18.4 Å². The summed E-state index contributed by atoms with van der Waals surface area (Å²) in [5, 5.41) is 11.7. The van der Waals surface area contributed by atoms with Gasteiger partial charge in [0.15, 0.2) is 0 Å². The standard InChI is InChI=1S/C25H26F3N5O2/c1-30-23(34)21-15-33(24(35)18-3-2-8-31-13-18)14-20(21)16-6-9-32(10-7-16)19-5-4-17(12-29)22(11-19)25(26,27)28/h2-5,8,11,13,16,20-21H,6-7,9-10,14-15H2,1H3,(H,30,34)/t20-,21+/m0/s1. The number of alkyl halides is 3.